The molecule has 2 aromatic heterocycles. The van der Waals surface area contributed by atoms with Gasteiger partial charge >= 0.3 is 0 Å². The van der Waals surface area contributed by atoms with Crippen molar-refractivity contribution < 1.29 is 14.4 Å². The van der Waals surface area contributed by atoms with Crippen molar-refractivity contribution in [3.8, 4) is 0 Å². The Morgan fingerprint density at radius 2 is 1.86 bits per heavy atom. The number of imide groups is 1. The average molecular weight is 489 g/mol. The summed E-state index contributed by atoms with van der Waals surface area (Å²) in [5.74, 6) is -0.625. The lowest BCUT2D eigenvalue weighted by Gasteiger charge is -2.37. The third-order valence-corrected chi connectivity index (χ3v) is 7.94. The van der Waals surface area contributed by atoms with Gasteiger partial charge in [0.2, 0.25) is 17.7 Å². The number of piperidine rings is 1. The molecule has 0 unspecified atom stereocenters. The highest BCUT2D eigenvalue weighted by molar-refractivity contribution is 7.09. The van der Waals surface area contributed by atoms with E-state index in [0.717, 1.165) is 35.5 Å². The second-order valence-electron chi connectivity index (χ2n) is 9.19. The minimum atomic E-state index is -1.19. The summed E-state index contributed by atoms with van der Waals surface area (Å²) >= 11 is 1.55. The van der Waals surface area contributed by atoms with E-state index in [4.69, 9.17) is 0 Å². The monoisotopic (exact) mass is 488 g/mol. The fourth-order valence-corrected chi connectivity index (χ4v) is 6.05. The highest BCUT2D eigenvalue weighted by Gasteiger charge is 2.54. The van der Waals surface area contributed by atoms with Crippen molar-refractivity contribution in [2.24, 2.45) is 0 Å². The van der Waals surface area contributed by atoms with Crippen LogP contribution in [0.15, 0.2) is 66.3 Å². The number of carbonyl (C=O) groups is 3. The molecule has 2 fully saturated rings. The Morgan fingerprint density at radius 3 is 2.60 bits per heavy atom. The summed E-state index contributed by atoms with van der Waals surface area (Å²) in [5, 5.41) is 2.86. The summed E-state index contributed by atoms with van der Waals surface area (Å²) in [4.78, 5) is 52.8. The normalized spacial score (nSPS) is 22.6. The Bertz CT molecular complexity index is 1190. The van der Waals surface area contributed by atoms with Crippen molar-refractivity contribution in [3.63, 3.8) is 0 Å². The van der Waals surface area contributed by atoms with Crippen LogP contribution in [0.2, 0.25) is 0 Å². The van der Waals surface area contributed by atoms with E-state index >= 15 is 0 Å². The van der Waals surface area contributed by atoms with Crippen LogP contribution < -0.4 is 0 Å². The predicted octanol–water partition coefficient (Wildman–Crippen LogP) is 3.92. The molecule has 3 amide bonds. The first-order valence-corrected chi connectivity index (χ1v) is 13.0. The molecule has 180 valence electrons. The van der Waals surface area contributed by atoms with E-state index in [0.29, 0.717) is 13.0 Å². The molecule has 0 bridgehead atoms. The number of hydrogen-bond acceptors (Lipinski definition) is 6. The minimum Gasteiger partial charge on any atom is -0.333 e. The summed E-state index contributed by atoms with van der Waals surface area (Å²) in [6.07, 6.45) is 6.75. The molecule has 0 aliphatic carbocycles. The van der Waals surface area contributed by atoms with Gasteiger partial charge in [0.15, 0.2) is 0 Å². The van der Waals surface area contributed by atoms with Gasteiger partial charge in [0.05, 0.1) is 11.5 Å². The molecular formula is C27H28N4O3S. The van der Waals surface area contributed by atoms with E-state index < -0.39 is 5.41 Å². The summed E-state index contributed by atoms with van der Waals surface area (Å²) in [7, 11) is 0. The van der Waals surface area contributed by atoms with Crippen molar-refractivity contribution in [3.05, 3.63) is 82.6 Å². The van der Waals surface area contributed by atoms with Gasteiger partial charge in [0.25, 0.3) is 0 Å². The Balaban J connectivity index is 1.42. The lowest BCUT2D eigenvalue weighted by Crippen LogP contribution is -2.45. The molecule has 8 heteroatoms. The smallest absolute Gasteiger partial charge is 0.240 e. The molecule has 2 aliphatic rings. The van der Waals surface area contributed by atoms with Crippen LogP contribution in [-0.4, -0.2) is 50.6 Å². The predicted molar refractivity (Wildman–Crippen MR) is 132 cm³/mol. The van der Waals surface area contributed by atoms with E-state index in [9.17, 15) is 14.4 Å². The van der Waals surface area contributed by atoms with Crippen LogP contribution in [0, 0.1) is 0 Å². The maximum Gasteiger partial charge on any atom is 0.240 e. The first kappa shape index (κ1) is 23.4. The van der Waals surface area contributed by atoms with Crippen LogP contribution in [0.3, 0.4) is 0 Å². The van der Waals surface area contributed by atoms with E-state index in [-0.39, 0.29) is 43.1 Å². The number of amides is 3. The molecule has 35 heavy (non-hydrogen) atoms. The van der Waals surface area contributed by atoms with Crippen molar-refractivity contribution in [1.29, 1.82) is 0 Å². The van der Waals surface area contributed by atoms with Crippen LogP contribution in [-0.2, 0) is 26.2 Å². The van der Waals surface area contributed by atoms with Gasteiger partial charge in [-0.1, -0.05) is 36.4 Å². The zero-order valence-electron chi connectivity index (χ0n) is 19.5. The third kappa shape index (κ3) is 4.62. The molecule has 2 saturated heterocycles. The van der Waals surface area contributed by atoms with E-state index in [1.165, 1.54) is 4.90 Å². The molecule has 3 aromatic rings. The largest absolute Gasteiger partial charge is 0.333 e. The van der Waals surface area contributed by atoms with Gasteiger partial charge in [-0.05, 0) is 37.0 Å². The maximum atomic E-state index is 13.9. The zero-order valence-corrected chi connectivity index (χ0v) is 20.3. The number of likely N-dealkylation sites (tertiary alicyclic amines) is 2. The minimum absolute atomic E-state index is 0.000433. The Morgan fingerprint density at radius 1 is 1.03 bits per heavy atom. The van der Waals surface area contributed by atoms with Crippen molar-refractivity contribution in [1.82, 2.24) is 19.8 Å². The lowest BCUT2D eigenvalue weighted by atomic mass is 9.75. The third-order valence-electron chi connectivity index (χ3n) is 7.07. The molecule has 7 nitrogen and oxygen atoms in total. The number of benzene rings is 1. The topological polar surface area (TPSA) is 83.5 Å². The van der Waals surface area contributed by atoms with Gasteiger partial charge in [0, 0.05) is 55.8 Å². The van der Waals surface area contributed by atoms with E-state index in [1.54, 1.807) is 23.7 Å². The Kier molecular flexibility index (Phi) is 6.72. The van der Waals surface area contributed by atoms with Gasteiger partial charge in [-0.15, -0.1) is 11.3 Å². The van der Waals surface area contributed by atoms with Crippen LogP contribution in [0.5, 0.6) is 0 Å². The highest BCUT2D eigenvalue weighted by atomic mass is 32.1. The number of pyridine rings is 1. The standard InChI is InChI=1S/C27H28N4O3S/c32-23(30-15-7-5-11-22(30)25-29-14-17-35-25)18-27(20-8-2-1-3-9-20)19-24(33)31(26(27)34)16-12-21-10-4-6-13-28-21/h1-4,6,8-10,13-14,17,22H,5,7,11-12,15-16,18-19H2/t22-,27-/m1/s1. The Labute approximate surface area is 208 Å². The first-order chi connectivity index (χ1) is 17.1. The van der Waals surface area contributed by atoms with E-state index in [1.807, 2.05) is 58.8 Å². The molecule has 2 aliphatic heterocycles. The van der Waals surface area contributed by atoms with Gasteiger partial charge in [-0.25, -0.2) is 4.98 Å². The highest BCUT2D eigenvalue weighted by Crippen LogP contribution is 2.42. The van der Waals surface area contributed by atoms with Crippen molar-refractivity contribution >= 4 is 29.1 Å². The molecular weight excluding hydrogens is 460 g/mol. The second kappa shape index (κ2) is 10.1. The molecule has 1 aromatic carbocycles. The van der Waals surface area contributed by atoms with Gasteiger partial charge in [-0.3, -0.25) is 24.3 Å². The zero-order chi connectivity index (χ0) is 24.3. The number of thiazole rings is 1. The summed E-state index contributed by atoms with van der Waals surface area (Å²) in [5.41, 5.74) is 0.348. The van der Waals surface area contributed by atoms with Gasteiger partial charge in [-0.2, -0.15) is 0 Å². The first-order valence-electron chi connectivity index (χ1n) is 12.1. The molecule has 0 N–H and O–H groups in total. The summed E-state index contributed by atoms with van der Waals surface area (Å²) in [6.45, 7) is 0.891. The summed E-state index contributed by atoms with van der Waals surface area (Å²) < 4.78 is 0. The number of aromatic nitrogens is 2. The molecule has 0 spiro atoms. The molecule has 4 heterocycles. The number of rotatable bonds is 7. The van der Waals surface area contributed by atoms with Gasteiger partial charge in [0.1, 0.15) is 5.01 Å². The molecule has 5 rings (SSSR count). The quantitative estimate of drug-likeness (QED) is 0.471. The fraction of sp³-hybridized carbons (Fsp3) is 0.370. The van der Waals surface area contributed by atoms with Crippen LogP contribution in [0.1, 0.15) is 54.4 Å². The van der Waals surface area contributed by atoms with Crippen LogP contribution >= 0.6 is 11.3 Å². The number of nitrogens with zero attached hydrogens (tertiary/aromatic N) is 4. The van der Waals surface area contributed by atoms with E-state index in [2.05, 4.69) is 9.97 Å². The van der Waals surface area contributed by atoms with Crippen LogP contribution in [0.4, 0.5) is 0 Å². The maximum absolute atomic E-state index is 13.9. The van der Waals surface area contributed by atoms with Crippen molar-refractivity contribution in [2.45, 2.75) is 50.0 Å². The second-order valence-corrected chi connectivity index (χ2v) is 10.1. The Hall–Kier alpha value is -3.39. The molecule has 0 saturated carbocycles. The lowest BCUT2D eigenvalue weighted by molar-refractivity contribution is -0.144. The van der Waals surface area contributed by atoms with Gasteiger partial charge < -0.3 is 4.90 Å². The average Bonchev–Trinajstić information content (AvgIpc) is 3.51. The van der Waals surface area contributed by atoms with Crippen LogP contribution in [0.25, 0.3) is 0 Å². The fourth-order valence-electron chi connectivity index (χ4n) is 5.27. The number of carbonyl (C=O) groups excluding carboxylic acids is 3. The number of hydrogen-bond donors (Lipinski definition) is 0. The van der Waals surface area contributed by atoms with Crippen molar-refractivity contribution in [2.75, 3.05) is 13.1 Å². The summed E-state index contributed by atoms with van der Waals surface area (Å²) in [6, 6.07) is 14.8. The molecule has 2 atom stereocenters. The SMILES string of the molecule is O=C1C[C@](CC(=O)N2CCCC[C@@H]2c2nccs2)(c2ccccc2)C(=O)N1CCc1ccccn1. The molecule has 0 radical (unpaired) electrons.